The summed E-state index contributed by atoms with van der Waals surface area (Å²) < 4.78 is 11.2. The van der Waals surface area contributed by atoms with E-state index in [2.05, 4.69) is 24.0 Å². The molecule has 1 aromatic rings. The number of ether oxygens (including phenoxy) is 2. The van der Waals surface area contributed by atoms with Gasteiger partial charge in [-0.05, 0) is 31.5 Å². The van der Waals surface area contributed by atoms with Crippen LogP contribution < -0.4 is 10.5 Å². The number of rotatable bonds is 5. The SMILES string of the molecule is CCOc1cccc(C(CN)N2CCOC(C)C2)c1. The molecule has 1 aromatic carbocycles. The standard InChI is InChI=1S/C15H24N2O2/c1-3-18-14-6-4-5-13(9-14)15(10-16)17-7-8-19-12(2)11-17/h4-6,9,12,15H,3,7-8,10-11,16H2,1-2H3. The molecule has 4 nitrogen and oxygen atoms in total. The molecule has 0 bridgehead atoms. The summed E-state index contributed by atoms with van der Waals surface area (Å²) in [6.45, 7) is 8.05. The lowest BCUT2D eigenvalue weighted by Gasteiger charge is -2.37. The van der Waals surface area contributed by atoms with E-state index in [0.717, 1.165) is 25.4 Å². The monoisotopic (exact) mass is 264 g/mol. The fourth-order valence-electron chi connectivity index (χ4n) is 2.60. The molecule has 1 aliphatic heterocycles. The molecule has 2 N–H and O–H groups in total. The van der Waals surface area contributed by atoms with E-state index in [9.17, 15) is 0 Å². The lowest BCUT2D eigenvalue weighted by atomic mass is 10.0. The first-order valence-corrected chi connectivity index (χ1v) is 7.03. The first-order chi connectivity index (χ1) is 9.24. The zero-order chi connectivity index (χ0) is 13.7. The second kappa shape index (κ2) is 6.89. The summed E-state index contributed by atoms with van der Waals surface area (Å²) in [4.78, 5) is 2.40. The predicted octanol–water partition coefficient (Wildman–Crippen LogP) is 1.81. The highest BCUT2D eigenvalue weighted by Gasteiger charge is 2.24. The number of nitrogens with zero attached hydrogens (tertiary/aromatic N) is 1. The molecule has 1 heterocycles. The number of hydrogen-bond acceptors (Lipinski definition) is 4. The summed E-state index contributed by atoms with van der Waals surface area (Å²) in [5, 5.41) is 0. The average molecular weight is 264 g/mol. The molecule has 0 amide bonds. The Morgan fingerprint density at radius 1 is 1.53 bits per heavy atom. The number of morpholine rings is 1. The highest BCUT2D eigenvalue weighted by atomic mass is 16.5. The Labute approximate surface area is 115 Å². The van der Waals surface area contributed by atoms with Gasteiger partial charge >= 0.3 is 0 Å². The molecule has 0 aliphatic carbocycles. The summed E-state index contributed by atoms with van der Waals surface area (Å²) >= 11 is 0. The molecule has 0 saturated carbocycles. The van der Waals surface area contributed by atoms with E-state index in [1.807, 2.05) is 19.1 Å². The van der Waals surface area contributed by atoms with Crippen molar-refractivity contribution in [3.05, 3.63) is 29.8 Å². The van der Waals surface area contributed by atoms with Crippen molar-refractivity contribution >= 4 is 0 Å². The molecule has 2 unspecified atom stereocenters. The third-order valence-electron chi connectivity index (χ3n) is 3.49. The van der Waals surface area contributed by atoms with E-state index in [1.54, 1.807) is 0 Å². The maximum Gasteiger partial charge on any atom is 0.119 e. The maximum atomic E-state index is 5.98. The minimum Gasteiger partial charge on any atom is -0.494 e. The van der Waals surface area contributed by atoms with Crippen molar-refractivity contribution in [2.45, 2.75) is 26.0 Å². The Balaban J connectivity index is 2.13. The van der Waals surface area contributed by atoms with Gasteiger partial charge in [0.25, 0.3) is 0 Å². The topological polar surface area (TPSA) is 47.7 Å². The molecule has 2 rings (SSSR count). The van der Waals surface area contributed by atoms with Crippen LogP contribution in [0.15, 0.2) is 24.3 Å². The highest BCUT2D eigenvalue weighted by molar-refractivity contribution is 5.31. The lowest BCUT2D eigenvalue weighted by molar-refractivity contribution is -0.0333. The molecule has 106 valence electrons. The summed E-state index contributed by atoms with van der Waals surface area (Å²) in [5.74, 6) is 0.916. The Bertz CT molecular complexity index is 397. The van der Waals surface area contributed by atoms with Gasteiger partial charge in [0, 0.05) is 25.7 Å². The zero-order valence-electron chi connectivity index (χ0n) is 11.8. The van der Waals surface area contributed by atoms with Crippen molar-refractivity contribution in [2.24, 2.45) is 5.73 Å². The molecule has 2 atom stereocenters. The number of nitrogens with two attached hydrogens (primary N) is 1. The van der Waals surface area contributed by atoms with Crippen LogP contribution >= 0.6 is 0 Å². The second-order valence-corrected chi connectivity index (χ2v) is 4.93. The van der Waals surface area contributed by atoms with E-state index in [1.165, 1.54) is 5.56 Å². The molecule has 1 aliphatic rings. The Hall–Kier alpha value is -1.10. The van der Waals surface area contributed by atoms with Crippen LogP contribution in [0.5, 0.6) is 5.75 Å². The van der Waals surface area contributed by atoms with Gasteiger partial charge in [-0.2, -0.15) is 0 Å². The van der Waals surface area contributed by atoms with Crippen LogP contribution in [0.4, 0.5) is 0 Å². The summed E-state index contributed by atoms with van der Waals surface area (Å²) in [5.41, 5.74) is 7.21. The summed E-state index contributed by atoms with van der Waals surface area (Å²) in [7, 11) is 0. The molecule has 1 saturated heterocycles. The Morgan fingerprint density at radius 2 is 2.37 bits per heavy atom. The van der Waals surface area contributed by atoms with Crippen LogP contribution in [0, 0.1) is 0 Å². The van der Waals surface area contributed by atoms with Crippen LogP contribution in [-0.4, -0.2) is 43.9 Å². The fourth-order valence-corrected chi connectivity index (χ4v) is 2.60. The largest absolute Gasteiger partial charge is 0.494 e. The molecule has 0 spiro atoms. The van der Waals surface area contributed by atoms with Crippen LogP contribution in [0.2, 0.25) is 0 Å². The highest BCUT2D eigenvalue weighted by Crippen LogP contribution is 2.25. The van der Waals surface area contributed by atoms with E-state index in [0.29, 0.717) is 13.2 Å². The van der Waals surface area contributed by atoms with E-state index < -0.39 is 0 Å². The van der Waals surface area contributed by atoms with Crippen molar-refractivity contribution in [3.8, 4) is 5.75 Å². The van der Waals surface area contributed by atoms with Gasteiger partial charge in [0.1, 0.15) is 5.75 Å². The molecular weight excluding hydrogens is 240 g/mol. The number of hydrogen-bond donors (Lipinski definition) is 1. The van der Waals surface area contributed by atoms with Crippen molar-refractivity contribution in [1.82, 2.24) is 4.90 Å². The quantitative estimate of drug-likeness (QED) is 0.881. The zero-order valence-corrected chi connectivity index (χ0v) is 11.8. The van der Waals surface area contributed by atoms with Gasteiger partial charge in [-0.1, -0.05) is 12.1 Å². The van der Waals surface area contributed by atoms with Crippen molar-refractivity contribution < 1.29 is 9.47 Å². The Morgan fingerprint density at radius 3 is 3.05 bits per heavy atom. The molecule has 1 fully saturated rings. The Kier molecular flexibility index (Phi) is 5.19. The third-order valence-corrected chi connectivity index (χ3v) is 3.49. The molecule has 4 heteroatoms. The van der Waals surface area contributed by atoms with Gasteiger partial charge in [-0.15, -0.1) is 0 Å². The van der Waals surface area contributed by atoms with Crippen molar-refractivity contribution in [2.75, 3.05) is 32.8 Å². The predicted molar refractivity (Wildman–Crippen MR) is 76.4 cm³/mol. The fraction of sp³-hybridized carbons (Fsp3) is 0.600. The van der Waals surface area contributed by atoms with Crippen LogP contribution in [0.3, 0.4) is 0 Å². The van der Waals surface area contributed by atoms with Gasteiger partial charge in [-0.3, -0.25) is 4.90 Å². The van der Waals surface area contributed by atoms with Gasteiger partial charge in [0.2, 0.25) is 0 Å². The summed E-state index contributed by atoms with van der Waals surface area (Å²) in [6.07, 6.45) is 0.276. The molecular formula is C15H24N2O2. The molecule has 0 radical (unpaired) electrons. The third kappa shape index (κ3) is 3.69. The van der Waals surface area contributed by atoms with Crippen molar-refractivity contribution in [1.29, 1.82) is 0 Å². The second-order valence-electron chi connectivity index (χ2n) is 4.93. The maximum absolute atomic E-state index is 5.98. The van der Waals surface area contributed by atoms with Crippen LogP contribution in [0.25, 0.3) is 0 Å². The minimum atomic E-state index is 0.242. The average Bonchev–Trinajstić information content (AvgIpc) is 2.41. The first-order valence-electron chi connectivity index (χ1n) is 7.03. The van der Waals surface area contributed by atoms with E-state index in [-0.39, 0.29) is 12.1 Å². The van der Waals surface area contributed by atoms with Gasteiger partial charge in [0.15, 0.2) is 0 Å². The van der Waals surface area contributed by atoms with Gasteiger partial charge in [-0.25, -0.2) is 0 Å². The normalized spacial score (nSPS) is 22.2. The first kappa shape index (κ1) is 14.3. The lowest BCUT2D eigenvalue weighted by Crippen LogP contribution is -2.45. The molecule has 0 aromatic heterocycles. The van der Waals surface area contributed by atoms with Crippen LogP contribution in [0.1, 0.15) is 25.5 Å². The minimum absolute atomic E-state index is 0.242. The molecule has 19 heavy (non-hydrogen) atoms. The smallest absolute Gasteiger partial charge is 0.119 e. The van der Waals surface area contributed by atoms with Gasteiger partial charge < -0.3 is 15.2 Å². The van der Waals surface area contributed by atoms with Crippen LogP contribution in [-0.2, 0) is 4.74 Å². The van der Waals surface area contributed by atoms with Gasteiger partial charge in [0.05, 0.1) is 19.3 Å². The van der Waals surface area contributed by atoms with E-state index in [4.69, 9.17) is 15.2 Å². The summed E-state index contributed by atoms with van der Waals surface area (Å²) in [6, 6.07) is 8.49. The van der Waals surface area contributed by atoms with E-state index >= 15 is 0 Å². The van der Waals surface area contributed by atoms with Crippen molar-refractivity contribution in [3.63, 3.8) is 0 Å². The number of benzene rings is 1.